The van der Waals surface area contributed by atoms with Gasteiger partial charge in [-0.15, -0.1) is 11.3 Å². The first-order chi connectivity index (χ1) is 6.69. The zero-order valence-corrected chi connectivity index (χ0v) is 8.15. The van der Waals surface area contributed by atoms with E-state index in [-0.39, 0.29) is 23.7 Å². The van der Waals surface area contributed by atoms with Gasteiger partial charge < -0.3 is 15.3 Å². The fourth-order valence-electron chi connectivity index (χ4n) is 0.945. The summed E-state index contributed by atoms with van der Waals surface area (Å²) in [5.41, 5.74) is 0.236. The second kappa shape index (κ2) is 5.16. The molecule has 0 fully saturated rings. The summed E-state index contributed by atoms with van der Waals surface area (Å²) in [5.74, 6) is 0. The van der Waals surface area contributed by atoms with Crippen LogP contribution in [0, 0.1) is 0 Å². The van der Waals surface area contributed by atoms with Crippen LogP contribution in [0.1, 0.15) is 28.0 Å². The number of thiazole rings is 1. The number of aliphatic hydroxyl groups excluding tert-OH is 3. The van der Waals surface area contributed by atoms with Crippen molar-refractivity contribution >= 4 is 17.6 Å². The molecule has 1 aromatic rings. The Morgan fingerprint density at radius 1 is 1.57 bits per heavy atom. The summed E-state index contributed by atoms with van der Waals surface area (Å²) in [5, 5.41) is 29.1. The number of carbonyl (C=O) groups excluding carboxylic acids is 1. The summed E-state index contributed by atoms with van der Waals surface area (Å²) in [6.45, 7) is -0.204. The van der Waals surface area contributed by atoms with E-state index < -0.39 is 12.2 Å². The van der Waals surface area contributed by atoms with Crippen LogP contribution in [-0.2, 0) is 0 Å². The zero-order chi connectivity index (χ0) is 10.6. The van der Waals surface area contributed by atoms with E-state index in [1.807, 2.05) is 0 Å². The summed E-state index contributed by atoms with van der Waals surface area (Å²) < 4.78 is 0. The molecule has 0 saturated heterocycles. The third-order valence-electron chi connectivity index (χ3n) is 1.70. The molecule has 14 heavy (non-hydrogen) atoms. The number of rotatable bonds is 5. The first kappa shape index (κ1) is 11.3. The number of nitrogens with zero attached hydrogens (tertiary/aromatic N) is 1. The van der Waals surface area contributed by atoms with Crippen LogP contribution in [-0.4, -0.2) is 39.3 Å². The van der Waals surface area contributed by atoms with Gasteiger partial charge in [0, 0.05) is 12.0 Å². The van der Waals surface area contributed by atoms with E-state index in [9.17, 15) is 15.0 Å². The van der Waals surface area contributed by atoms with Crippen LogP contribution >= 0.6 is 11.3 Å². The van der Waals surface area contributed by atoms with Crippen molar-refractivity contribution in [3.8, 4) is 0 Å². The minimum absolute atomic E-state index is 0.0805. The molecule has 5 nitrogen and oxygen atoms in total. The molecule has 1 rings (SSSR count). The van der Waals surface area contributed by atoms with Gasteiger partial charge in [-0.3, -0.25) is 4.79 Å². The Morgan fingerprint density at radius 2 is 2.29 bits per heavy atom. The lowest BCUT2D eigenvalue weighted by Gasteiger charge is -2.13. The van der Waals surface area contributed by atoms with Crippen LogP contribution < -0.4 is 0 Å². The average Bonchev–Trinajstić information content (AvgIpc) is 2.65. The Hall–Kier alpha value is -0.820. The highest BCUT2D eigenvalue weighted by Gasteiger charge is 2.20. The standard InChI is InChI=1S/C8H11NO4S/c10-2-1-6(12)7(13)8-9-5(3-11)4-14-8/h3-4,6-7,10,12-13H,1-2H2. The van der Waals surface area contributed by atoms with Gasteiger partial charge >= 0.3 is 0 Å². The van der Waals surface area contributed by atoms with Gasteiger partial charge in [-0.05, 0) is 6.42 Å². The van der Waals surface area contributed by atoms with Crippen molar-refractivity contribution in [3.63, 3.8) is 0 Å². The molecule has 6 heteroatoms. The highest BCUT2D eigenvalue weighted by Crippen LogP contribution is 2.21. The van der Waals surface area contributed by atoms with E-state index in [1.54, 1.807) is 0 Å². The molecular formula is C8H11NO4S. The summed E-state index contributed by atoms with van der Waals surface area (Å²) in [4.78, 5) is 14.1. The van der Waals surface area contributed by atoms with Crippen LogP contribution in [0.25, 0.3) is 0 Å². The first-order valence-electron chi connectivity index (χ1n) is 4.06. The van der Waals surface area contributed by atoms with Crippen molar-refractivity contribution in [2.45, 2.75) is 18.6 Å². The Kier molecular flexibility index (Phi) is 4.15. The predicted octanol–water partition coefficient (Wildman–Crippen LogP) is -0.268. The molecule has 0 aliphatic carbocycles. The first-order valence-corrected chi connectivity index (χ1v) is 4.94. The number of hydrogen-bond acceptors (Lipinski definition) is 6. The fraction of sp³-hybridized carbons (Fsp3) is 0.500. The van der Waals surface area contributed by atoms with Gasteiger partial charge in [0.05, 0.1) is 6.10 Å². The predicted molar refractivity (Wildman–Crippen MR) is 50.2 cm³/mol. The van der Waals surface area contributed by atoms with Crippen molar-refractivity contribution in [1.82, 2.24) is 4.98 Å². The smallest absolute Gasteiger partial charge is 0.169 e. The number of aldehydes is 1. The second-order valence-electron chi connectivity index (χ2n) is 2.75. The van der Waals surface area contributed by atoms with Crippen LogP contribution in [0.2, 0.25) is 0 Å². The minimum Gasteiger partial charge on any atom is -0.396 e. The third-order valence-corrected chi connectivity index (χ3v) is 2.64. The van der Waals surface area contributed by atoms with Crippen molar-refractivity contribution in [3.05, 3.63) is 16.1 Å². The van der Waals surface area contributed by atoms with Gasteiger partial charge in [0.25, 0.3) is 0 Å². The van der Waals surface area contributed by atoms with Gasteiger partial charge in [0.1, 0.15) is 16.8 Å². The summed E-state index contributed by atoms with van der Waals surface area (Å²) in [6.07, 6.45) is -1.53. The third kappa shape index (κ3) is 2.58. The van der Waals surface area contributed by atoms with E-state index in [0.29, 0.717) is 6.29 Å². The Labute approximate surface area is 84.7 Å². The Bertz CT molecular complexity index is 301. The lowest BCUT2D eigenvalue weighted by atomic mass is 10.1. The maximum Gasteiger partial charge on any atom is 0.169 e. The van der Waals surface area contributed by atoms with Crippen molar-refractivity contribution < 1.29 is 20.1 Å². The van der Waals surface area contributed by atoms with Crippen LogP contribution in [0.4, 0.5) is 0 Å². The maximum absolute atomic E-state index is 10.3. The molecule has 0 saturated carbocycles. The van der Waals surface area contributed by atoms with Gasteiger partial charge in [0.2, 0.25) is 0 Å². The van der Waals surface area contributed by atoms with Gasteiger partial charge in [-0.25, -0.2) is 4.98 Å². The zero-order valence-electron chi connectivity index (χ0n) is 7.33. The molecular weight excluding hydrogens is 206 g/mol. The molecule has 0 amide bonds. The van der Waals surface area contributed by atoms with Crippen LogP contribution in [0.3, 0.4) is 0 Å². The van der Waals surface area contributed by atoms with E-state index >= 15 is 0 Å². The monoisotopic (exact) mass is 217 g/mol. The molecule has 0 aliphatic heterocycles. The van der Waals surface area contributed by atoms with Crippen molar-refractivity contribution in [2.24, 2.45) is 0 Å². The maximum atomic E-state index is 10.3. The molecule has 78 valence electrons. The Morgan fingerprint density at radius 3 is 2.79 bits per heavy atom. The SMILES string of the molecule is O=Cc1csc(C(O)C(O)CCO)n1. The van der Waals surface area contributed by atoms with Gasteiger partial charge in [-0.2, -0.15) is 0 Å². The van der Waals surface area contributed by atoms with E-state index in [0.717, 1.165) is 11.3 Å². The molecule has 0 aromatic carbocycles. The molecule has 1 aromatic heterocycles. The average molecular weight is 217 g/mol. The number of carbonyl (C=O) groups is 1. The number of aromatic nitrogens is 1. The summed E-state index contributed by atoms with van der Waals surface area (Å²) >= 11 is 1.10. The molecule has 2 unspecified atom stereocenters. The van der Waals surface area contributed by atoms with Crippen LogP contribution in [0.5, 0.6) is 0 Å². The van der Waals surface area contributed by atoms with Gasteiger partial charge in [0.15, 0.2) is 6.29 Å². The summed E-state index contributed by atoms with van der Waals surface area (Å²) in [6, 6.07) is 0. The molecule has 0 spiro atoms. The largest absolute Gasteiger partial charge is 0.396 e. The van der Waals surface area contributed by atoms with Crippen molar-refractivity contribution in [1.29, 1.82) is 0 Å². The normalized spacial score (nSPS) is 15.1. The van der Waals surface area contributed by atoms with Gasteiger partial charge in [-0.1, -0.05) is 0 Å². The highest BCUT2D eigenvalue weighted by atomic mass is 32.1. The molecule has 0 bridgehead atoms. The molecule has 3 N–H and O–H groups in total. The Balaban J connectivity index is 2.67. The minimum atomic E-state index is -1.14. The lowest BCUT2D eigenvalue weighted by molar-refractivity contribution is 0.00407. The van der Waals surface area contributed by atoms with E-state index in [2.05, 4.69) is 4.98 Å². The molecule has 2 atom stereocenters. The topological polar surface area (TPSA) is 90.7 Å². The second-order valence-corrected chi connectivity index (χ2v) is 3.64. The lowest BCUT2D eigenvalue weighted by Crippen LogP contribution is -2.19. The molecule has 0 radical (unpaired) electrons. The summed E-state index contributed by atoms with van der Waals surface area (Å²) in [7, 11) is 0. The number of aliphatic hydroxyl groups is 3. The molecule has 0 aliphatic rings. The van der Waals surface area contributed by atoms with Crippen LogP contribution in [0.15, 0.2) is 5.38 Å². The highest BCUT2D eigenvalue weighted by molar-refractivity contribution is 7.09. The van der Waals surface area contributed by atoms with Crippen molar-refractivity contribution in [2.75, 3.05) is 6.61 Å². The fourth-order valence-corrected chi connectivity index (χ4v) is 1.75. The van der Waals surface area contributed by atoms with E-state index in [1.165, 1.54) is 5.38 Å². The molecule has 1 heterocycles. The van der Waals surface area contributed by atoms with E-state index in [4.69, 9.17) is 5.11 Å². The number of hydrogen-bond donors (Lipinski definition) is 3. The quantitative estimate of drug-likeness (QED) is 0.591.